The number of hydrogen-bond donors (Lipinski definition) is 0. The molecule has 0 bridgehead atoms. The van der Waals surface area contributed by atoms with E-state index >= 15 is 0 Å². The molecule has 0 heterocycles. The highest BCUT2D eigenvalue weighted by Gasteiger charge is 2.10. The summed E-state index contributed by atoms with van der Waals surface area (Å²) in [5.41, 5.74) is -0.348. The Morgan fingerprint density at radius 2 is 1.88 bits per heavy atom. The average molecular weight is 128 g/mol. The molecular formula is C5H9AlO2. The lowest BCUT2D eigenvalue weighted by Gasteiger charge is -2.18. The Morgan fingerprint density at radius 3 is 1.88 bits per heavy atom. The van der Waals surface area contributed by atoms with Gasteiger partial charge in [0.15, 0.2) is 4.83 Å². The minimum atomic E-state index is -0.348. The second-order valence-corrected chi connectivity index (χ2v) is 3.00. The van der Waals surface area contributed by atoms with E-state index in [4.69, 9.17) is 4.74 Å². The van der Waals surface area contributed by atoms with Gasteiger partial charge in [0.1, 0.15) is 5.60 Å². The van der Waals surface area contributed by atoms with Crippen LogP contribution in [0.15, 0.2) is 0 Å². The number of hydrogen-bond acceptors (Lipinski definition) is 2. The standard InChI is InChI=1S/C5H9O2.Al/c1-5(2,3)7-4-6;/h1-3H3;. The smallest absolute Gasteiger partial charge is 0.318 e. The number of carbonyl (C=O) groups is 1. The van der Waals surface area contributed by atoms with E-state index < -0.39 is 0 Å². The summed E-state index contributed by atoms with van der Waals surface area (Å²) in [6.07, 6.45) is 0. The van der Waals surface area contributed by atoms with Gasteiger partial charge in [0.05, 0.1) is 0 Å². The summed E-state index contributed by atoms with van der Waals surface area (Å²) in [5, 5.41) is 0. The Balaban J connectivity index is 3.55. The molecule has 3 heteroatoms. The Hall–Kier alpha value is 0.00247. The summed E-state index contributed by atoms with van der Waals surface area (Å²) in [6.45, 7) is 5.48. The van der Waals surface area contributed by atoms with Gasteiger partial charge in [0.25, 0.3) is 0 Å². The zero-order valence-electron chi connectivity index (χ0n) is 5.39. The fraction of sp³-hybridized carbons (Fsp3) is 0.800. The van der Waals surface area contributed by atoms with Crippen LogP contribution in [0.1, 0.15) is 20.8 Å². The van der Waals surface area contributed by atoms with Gasteiger partial charge in [0, 0.05) is 0 Å². The molecular weight excluding hydrogens is 119 g/mol. The van der Waals surface area contributed by atoms with E-state index in [9.17, 15) is 4.79 Å². The van der Waals surface area contributed by atoms with Crippen LogP contribution in [0.5, 0.6) is 0 Å². The van der Waals surface area contributed by atoms with Crippen molar-refractivity contribution in [3.8, 4) is 0 Å². The maximum absolute atomic E-state index is 10.2. The summed E-state index contributed by atoms with van der Waals surface area (Å²) < 4.78 is 4.76. The average Bonchev–Trinajstić information content (AvgIpc) is 1.21. The predicted octanol–water partition coefficient (Wildman–Crippen LogP) is 1.09. The van der Waals surface area contributed by atoms with Crippen molar-refractivity contribution >= 4 is 21.1 Å². The molecule has 0 aromatic heterocycles. The lowest BCUT2D eigenvalue weighted by Crippen LogP contribution is -2.22. The lowest BCUT2D eigenvalue weighted by atomic mass is 10.2. The van der Waals surface area contributed by atoms with E-state index in [-0.39, 0.29) is 10.4 Å². The summed E-state index contributed by atoms with van der Waals surface area (Å²) in [5.74, 6) is 0. The molecule has 0 aromatic rings. The van der Waals surface area contributed by atoms with Gasteiger partial charge in [-0.25, -0.2) is 0 Å². The molecule has 0 saturated heterocycles. The molecule has 44 valence electrons. The molecule has 0 spiro atoms. The van der Waals surface area contributed by atoms with Crippen LogP contribution in [-0.2, 0) is 4.74 Å². The Kier molecular flexibility index (Phi) is 2.52. The lowest BCUT2D eigenvalue weighted by molar-refractivity contribution is 0.0724. The second kappa shape index (κ2) is 2.52. The largest absolute Gasteiger partial charge is 0.477 e. The third-order valence-electron chi connectivity index (χ3n) is 0.407. The molecule has 0 aromatic carbocycles. The Morgan fingerprint density at radius 1 is 1.50 bits per heavy atom. The van der Waals surface area contributed by atoms with Gasteiger partial charge >= 0.3 is 16.3 Å². The summed E-state index contributed by atoms with van der Waals surface area (Å²) in [4.78, 5) is 9.89. The summed E-state index contributed by atoms with van der Waals surface area (Å²) in [7, 11) is 0. The third kappa shape index (κ3) is 6.00. The van der Waals surface area contributed by atoms with Crippen molar-refractivity contribution < 1.29 is 9.53 Å². The van der Waals surface area contributed by atoms with Crippen molar-refractivity contribution in [3.63, 3.8) is 0 Å². The van der Waals surface area contributed by atoms with Crippen LogP contribution in [0, 0.1) is 0 Å². The van der Waals surface area contributed by atoms with Crippen LogP contribution in [0.3, 0.4) is 0 Å². The molecule has 0 unspecified atom stereocenters. The molecule has 0 aliphatic carbocycles. The minimum absolute atomic E-state index is 0.308. The van der Waals surface area contributed by atoms with E-state index in [1.54, 1.807) is 0 Å². The monoisotopic (exact) mass is 128 g/mol. The predicted molar refractivity (Wildman–Crippen MR) is 32.0 cm³/mol. The highest BCUT2D eigenvalue weighted by molar-refractivity contribution is 6.55. The zero-order chi connectivity index (χ0) is 6.78. The maximum Gasteiger partial charge on any atom is 0.318 e. The summed E-state index contributed by atoms with van der Waals surface area (Å²) >= 11 is 1.96. The van der Waals surface area contributed by atoms with Gasteiger partial charge in [-0.15, -0.1) is 0 Å². The number of carbonyl (C=O) groups excluding carboxylic acids is 1. The van der Waals surface area contributed by atoms with Crippen LogP contribution in [0.2, 0.25) is 0 Å². The van der Waals surface area contributed by atoms with Crippen molar-refractivity contribution in [2.24, 2.45) is 0 Å². The molecule has 0 aliphatic heterocycles. The van der Waals surface area contributed by atoms with E-state index in [2.05, 4.69) is 0 Å². The molecule has 2 nitrogen and oxygen atoms in total. The highest BCUT2D eigenvalue weighted by atomic mass is 27.0. The minimum Gasteiger partial charge on any atom is -0.477 e. The van der Waals surface area contributed by atoms with Crippen LogP contribution in [0.4, 0.5) is 4.79 Å². The summed E-state index contributed by atoms with van der Waals surface area (Å²) in [6, 6.07) is 0. The quantitative estimate of drug-likeness (QED) is 0.456. The molecule has 0 amide bonds. The fourth-order valence-corrected chi connectivity index (χ4v) is 0.655. The first-order chi connectivity index (χ1) is 3.42. The third-order valence-corrected chi connectivity index (χ3v) is 0.525. The molecule has 0 rings (SSSR count). The van der Waals surface area contributed by atoms with Crippen LogP contribution >= 0.6 is 0 Å². The van der Waals surface area contributed by atoms with Gasteiger partial charge in [0.2, 0.25) is 0 Å². The topological polar surface area (TPSA) is 26.3 Å². The molecule has 0 fully saturated rings. The van der Waals surface area contributed by atoms with E-state index in [1.165, 1.54) is 0 Å². The first-order valence-corrected chi connectivity index (χ1v) is 2.98. The number of ether oxygens (including phenoxy) is 1. The van der Waals surface area contributed by atoms with Crippen molar-refractivity contribution in [2.45, 2.75) is 26.4 Å². The highest BCUT2D eigenvalue weighted by Crippen LogP contribution is 2.05. The van der Waals surface area contributed by atoms with Gasteiger partial charge in [-0.05, 0) is 20.8 Å². The van der Waals surface area contributed by atoms with Gasteiger partial charge in [-0.1, -0.05) is 0 Å². The van der Waals surface area contributed by atoms with E-state index in [0.717, 1.165) is 0 Å². The maximum atomic E-state index is 10.2. The molecule has 8 heavy (non-hydrogen) atoms. The van der Waals surface area contributed by atoms with Crippen LogP contribution in [0.25, 0.3) is 0 Å². The van der Waals surface area contributed by atoms with Crippen molar-refractivity contribution in [1.29, 1.82) is 0 Å². The van der Waals surface area contributed by atoms with Crippen LogP contribution < -0.4 is 0 Å². The molecule has 0 saturated carbocycles. The number of rotatable bonds is 0. The Bertz CT molecular complexity index is 93.1. The molecule has 0 aliphatic rings. The van der Waals surface area contributed by atoms with E-state index in [0.29, 0.717) is 0 Å². The van der Waals surface area contributed by atoms with Gasteiger partial charge in [-0.2, -0.15) is 0 Å². The van der Waals surface area contributed by atoms with E-state index in [1.807, 2.05) is 37.1 Å². The van der Waals surface area contributed by atoms with Gasteiger partial charge in [-0.3, -0.25) is 4.79 Å². The van der Waals surface area contributed by atoms with Crippen LogP contribution in [-0.4, -0.2) is 26.7 Å². The SMILES string of the molecule is CC(C)(C)O[C](=O)[Al]. The van der Waals surface area contributed by atoms with Crippen molar-refractivity contribution in [2.75, 3.05) is 0 Å². The molecule has 0 atom stereocenters. The van der Waals surface area contributed by atoms with Crippen molar-refractivity contribution in [3.05, 3.63) is 0 Å². The first kappa shape index (κ1) is 8.00. The Labute approximate surface area is 57.6 Å². The van der Waals surface area contributed by atoms with Crippen molar-refractivity contribution in [1.82, 2.24) is 0 Å². The second-order valence-electron chi connectivity index (χ2n) is 2.53. The fourth-order valence-electron chi connectivity index (χ4n) is 0.302. The zero-order valence-corrected chi connectivity index (χ0v) is 6.55. The first-order valence-electron chi connectivity index (χ1n) is 2.40. The van der Waals surface area contributed by atoms with Gasteiger partial charge < -0.3 is 4.74 Å². The normalized spacial score (nSPS) is 10.9. The molecule has 2 radical (unpaired) electrons. The molecule has 0 N–H and O–H groups in total.